The van der Waals surface area contributed by atoms with Crippen LogP contribution in [0.15, 0.2) is 24.3 Å². The molecule has 0 aromatic heterocycles. The number of hydroxylamine groups is 1. The third kappa shape index (κ3) is 2.48. The number of hydrogen-bond acceptors (Lipinski definition) is 5. The van der Waals surface area contributed by atoms with Crippen LogP contribution >= 0.6 is 0 Å². The van der Waals surface area contributed by atoms with Crippen molar-refractivity contribution in [2.75, 3.05) is 0 Å². The number of benzene rings is 1. The van der Waals surface area contributed by atoms with Crippen LogP contribution in [0.1, 0.15) is 30.3 Å². The van der Waals surface area contributed by atoms with E-state index < -0.39 is 38.3 Å². The molecule has 7 nitrogen and oxygen atoms in total. The molecule has 0 aliphatic carbocycles. The molecule has 0 bridgehead atoms. The van der Waals surface area contributed by atoms with E-state index in [1.807, 2.05) is 6.92 Å². The number of carbonyl (C=O) groups is 2. The molecule has 2 amide bonds. The van der Waals surface area contributed by atoms with E-state index >= 15 is 0 Å². The maximum atomic E-state index is 12.6. The Hall–Kier alpha value is -1.93. The molecule has 1 aliphatic heterocycles. The number of nitrogens with one attached hydrogen (secondary N) is 1. The van der Waals surface area contributed by atoms with Crippen LogP contribution in [0.25, 0.3) is 0 Å². The Morgan fingerprint density at radius 2 is 1.86 bits per heavy atom. The molecule has 2 rings (SSSR count). The van der Waals surface area contributed by atoms with E-state index in [-0.39, 0.29) is 0 Å². The van der Waals surface area contributed by atoms with Gasteiger partial charge in [-0.15, -0.1) is 0 Å². The van der Waals surface area contributed by atoms with E-state index in [2.05, 4.69) is 0 Å². The molecule has 1 aromatic carbocycles. The summed E-state index contributed by atoms with van der Waals surface area (Å²) in [6, 6.07) is 5.63. The second-order valence-corrected chi connectivity index (χ2v) is 7.72. The molecule has 3 atom stereocenters. The Kier molecular flexibility index (Phi) is 4.25. The van der Waals surface area contributed by atoms with Crippen LogP contribution in [-0.2, 0) is 19.4 Å². The molecule has 120 valence electrons. The summed E-state index contributed by atoms with van der Waals surface area (Å²) in [4.78, 5) is 25.0. The zero-order valence-corrected chi connectivity index (χ0v) is 13.3. The van der Waals surface area contributed by atoms with Crippen molar-refractivity contribution in [1.29, 1.82) is 0 Å². The van der Waals surface area contributed by atoms with Gasteiger partial charge in [0.15, 0.2) is 15.2 Å². The lowest BCUT2D eigenvalue weighted by Gasteiger charge is -2.28. The highest BCUT2D eigenvalue weighted by molar-refractivity contribution is 7.93. The van der Waals surface area contributed by atoms with E-state index in [1.54, 1.807) is 24.3 Å². The first-order chi connectivity index (χ1) is 10.2. The summed E-state index contributed by atoms with van der Waals surface area (Å²) in [7, 11) is -3.80. The average Bonchev–Trinajstić information content (AvgIpc) is 2.67. The molecule has 2 N–H and O–H groups in total. The molecule has 1 fully saturated rings. The van der Waals surface area contributed by atoms with E-state index in [0.29, 0.717) is 5.56 Å². The smallest absolute Gasteiger partial charge is 0.265 e. The molecule has 0 radical (unpaired) electrons. The van der Waals surface area contributed by atoms with Crippen molar-refractivity contribution in [3.63, 3.8) is 0 Å². The summed E-state index contributed by atoms with van der Waals surface area (Å²) < 4.78 is 25.1. The monoisotopic (exact) mass is 326 g/mol. The minimum Gasteiger partial charge on any atom is -0.309 e. The van der Waals surface area contributed by atoms with Gasteiger partial charge in [0.2, 0.25) is 5.91 Å². The Bertz CT molecular complexity index is 698. The highest BCUT2D eigenvalue weighted by Crippen LogP contribution is 2.38. The van der Waals surface area contributed by atoms with Gasteiger partial charge in [-0.05, 0) is 26.3 Å². The molecule has 8 heteroatoms. The van der Waals surface area contributed by atoms with Gasteiger partial charge in [-0.2, -0.15) is 0 Å². The van der Waals surface area contributed by atoms with Crippen molar-refractivity contribution in [2.45, 2.75) is 37.4 Å². The lowest BCUT2D eigenvalue weighted by molar-refractivity contribution is -0.143. The average molecular weight is 326 g/mol. The van der Waals surface area contributed by atoms with Crippen LogP contribution in [0.5, 0.6) is 0 Å². The van der Waals surface area contributed by atoms with E-state index in [1.165, 1.54) is 19.3 Å². The first-order valence-corrected chi connectivity index (χ1v) is 8.38. The minimum absolute atomic E-state index is 0.417. The van der Waals surface area contributed by atoms with Gasteiger partial charge in [0.05, 0.1) is 0 Å². The maximum Gasteiger partial charge on any atom is 0.265 e. The van der Waals surface area contributed by atoms with E-state index in [9.17, 15) is 18.0 Å². The molecule has 0 spiro atoms. The summed E-state index contributed by atoms with van der Waals surface area (Å²) in [5, 5.41) is 6.29. The number of nitrogens with zero attached hydrogens (tertiary/aromatic N) is 1. The van der Waals surface area contributed by atoms with Crippen LogP contribution in [0.2, 0.25) is 0 Å². The van der Waals surface area contributed by atoms with Gasteiger partial charge < -0.3 is 4.90 Å². The van der Waals surface area contributed by atoms with Crippen molar-refractivity contribution in [3.05, 3.63) is 35.4 Å². The molecule has 1 aromatic rings. The van der Waals surface area contributed by atoms with Crippen LogP contribution < -0.4 is 5.48 Å². The number of amides is 2. The molecular formula is C14H18N2O5S. The summed E-state index contributed by atoms with van der Waals surface area (Å²) in [5.41, 5.74) is 2.83. The predicted octanol–water partition coefficient (Wildman–Crippen LogP) is 0.533. The first-order valence-electron chi connectivity index (χ1n) is 6.77. The fourth-order valence-corrected chi connectivity index (χ4v) is 4.44. The predicted molar refractivity (Wildman–Crippen MR) is 78.5 cm³/mol. The van der Waals surface area contributed by atoms with Gasteiger partial charge in [-0.1, -0.05) is 29.8 Å². The zero-order chi connectivity index (χ0) is 16.7. The highest BCUT2D eigenvalue weighted by Gasteiger charge is 2.53. The van der Waals surface area contributed by atoms with Gasteiger partial charge in [-0.3, -0.25) is 14.8 Å². The number of rotatable bonds is 3. The number of carbonyl (C=O) groups excluding carboxylic acids is 2. The topological polar surface area (TPSA) is 104 Å². The second kappa shape index (κ2) is 5.69. The molecule has 1 aliphatic rings. The third-order valence-electron chi connectivity index (χ3n) is 3.93. The fraction of sp³-hybridized carbons (Fsp3) is 0.429. The van der Waals surface area contributed by atoms with Crippen LogP contribution in [-0.4, -0.2) is 41.6 Å². The Morgan fingerprint density at radius 1 is 1.32 bits per heavy atom. The second-order valence-electron chi connectivity index (χ2n) is 5.39. The van der Waals surface area contributed by atoms with E-state index in [4.69, 9.17) is 5.21 Å². The summed E-state index contributed by atoms with van der Waals surface area (Å²) in [5.74, 6) is -1.49. The number of hydrogen-bond donors (Lipinski definition) is 2. The molecule has 0 saturated carbocycles. The normalized spacial score (nSPS) is 25.1. The minimum atomic E-state index is -3.80. The standard InChI is InChI=1S/C14H18N2O5S/c1-8-4-6-11(7-5-8)14-16(9(2)12(17)15-19)13(18)10(3)22(14,20)21/h4-7,9-10,14,19H,1-3H3,(H,15,17). The van der Waals surface area contributed by atoms with Crippen molar-refractivity contribution < 1.29 is 23.2 Å². The molecule has 1 heterocycles. The van der Waals surface area contributed by atoms with Crippen LogP contribution in [0.4, 0.5) is 0 Å². The largest absolute Gasteiger partial charge is 0.309 e. The molecule has 22 heavy (non-hydrogen) atoms. The SMILES string of the molecule is Cc1ccc(C2N(C(C)C(=O)NO)C(=O)C(C)S2(=O)=O)cc1. The Morgan fingerprint density at radius 3 is 2.36 bits per heavy atom. The fourth-order valence-electron chi connectivity index (χ4n) is 2.51. The van der Waals surface area contributed by atoms with Crippen molar-refractivity contribution in [2.24, 2.45) is 0 Å². The van der Waals surface area contributed by atoms with Gasteiger partial charge >= 0.3 is 0 Å². The van der Waals surface area contributed by atoms with Crippen molar-refractivity contribution >= 4 is 21.7 Å². The molecule has 1 saturated heterocycles. The zero-order valence-electron chi connectivity index (χ0n) is 12.5. The van der Waals surface area contributed by atoms with E-state index in [0.717, 1.165) is 10.5 Å². The number of sulfone groups is 1. The molecule has 3 unspecified atom stereocenters. The molecular weight excluding hydrogens is 308 g/mol. The van der Waals surface area contributed by atoms with Gasteiger partial charge in [-0.25, -0.2) is 13.9 Å². The lowest BCUT2D eigenvalue weighted by Crippen LogP contribution is -2.46. The summed E-state index contributed by atoms with van der Waals surface area (Å²) in [6.45, 7) is 4.54. The van der Waals surface area contributed by atoms with Crippen molar-refractivity contribution in [1.82, 2.24) is 10.4 Å². The van der Waals surface area contributed by atoms with Gasteiger partial charge in [0.1, 0.15) is 11.3 Å². The van der Waals surface area contributed by atoms with Crippen LogP contribution in [0, 0.1) is 6.92 Å². The van der Waals surface area contributed by atoms with Crippen LogP contribution in [0.3, 0.4) is 0 Å². The Balaban J connectivity index is 2.56. The number of aryl methyl sites for hydroxylation is 1. The van der Waals surface area contributed by atoms with Gasteiger partial charge in [0.25, 0.3) is 5.91 Å². The highest BCUT2D eigenvalue weighted by atomic mass is 32.2. The summed E-state index contributed by atoms with van der Waals surface area (Å²) in [6.07, 6.45) is 0. The maximum absolute atomic E-state index is 12.6. The third-order valence-corrected chi connectivity index (χ3v) is 6.24. The Labute approximate surface area is 128 Å². The van der Waals surface area contributed by atoms with Gasteiger partial charge in [0, 0.05) is 0 Å². The lowest BCUT2D eigenvalue weighted by atomic mass is 10.1. The van der Waals surface area contributed by atoms with Crippen molar-refractivity contribution in [3.8, 4) is 0 Å². The quantitative estimate of drug-likeness (QED) is 0.623. The first kappa shape index (κ1) is 16.4. The summed E-state index contributed by atoms with van der Waals surface area (Å²) >= 11 is 0.